The van der Waals surface area contributed by atoms with Gasteiger partial charge in [-0.05, 0) is 22.3 Å². The van der Waals surface area contributed by atoms with Crippen LogP contribution in [-0.2, 0) is 9.47 Å². The van der Waals surface area contributed by atoms with Crippen LogP contribution >= 0.6 is 0 Å². The summed E-state index contributed by atoms with van der Waals surface area (Å²) in [6.07, 6.45) is -0.293. The quantitative estimate of drug-likeness (QED) is 0.635. The highest BCUT2D eigenvalue weighted by molar-refractivity contribution is 6.03. The minimum absolute atomic E-state index is 0.293. The number of rotatable bonds is 3. The molecule has 1 aliphatic rings. The summed E-state index contributed by atoms with van der Waals surface area (Å²) in [5.41, 5.74) is 6.26. The normalized spacial score (nSPS) is 11.9. The Morgan fingerprint density at radius 3 is 2.12 bits per heavy atom. The van der Waals surface area contributed by atoms with Crippen molar-refractivity contribution < 1.29 is 9.47 Å². The molecular weight excluding hydrogens is 212 g/mol. The lowest BCUT2D eigenvalue weighted by Crippen LogP contribution is -2.10. The number of hydrogen-bond acceptors (Lipinski definition) is 2. The highest BCUT2D eigenvalue weighted by Crippen LogP contribution is 2.50. The van der Waals surface area contributed by atoms with Gasteiger partial charge in [0.15, 0.2) is 6.29 Å². The third-order valence-corrected chi connectivity index (χ3v) is 3.27. The monoisotopic (exact) mass is 226 g/mol. The minimum atomic E-state index is -0.293. The van der Waals surface area contributed by atoms with Crippen LogP contribution in [0.3, 0.4) is 0 Å². The Hall–Kier alpha value is -1.64. The maximum atomic E-state index is 5.35. The molecule has 2 heteroatoms. The fourth-order valence-corrected chi connectivity index (χ4v) is 2.52. The first-order valence-corrected chi connectivity index (χ1v) is 5.65. The van der Waals surface area contributed by atoms with Gasteiger partial charge < -0.3 is 9.47 Å². The van der Waals surface area contributed by atoms with Crippen molar-refractivity contribution in [3.63, 3.8) is 0 Å². The molecule has 2 aromatic carbocycles. The molecule has 2 nitrogen and oxygen atoms in total. The van der Waals surface area contributed by atoms with Gasteiger partial charge in [-0.3, -0.25) is 0 Å². The molecule has 86 valence electrons. The summed E-state index contributed by atoms with van der Waals surface area (Å²) < 4.78 is 10.7. The zero-order valence-corrected chi connectivity index (χ0v) is 9.94. The van der Waals surface area contributed by atoms with Crippen molar-refractivity contribution in [2.75, 3.05) is 14.2 Å². The van der Waals surface area contributed by atoms with Gasteiger partial charge in [0, 0.05) is 19.8 Å². The van der Waals surface area contributed by atoms with Crippen molar-refractivity contribution in [2.45, 2.75) is 6.29 Å². The van der Waals surface area contributed by atoms with Crippen molar-refractivity contribution >= 4 is 0 Å². The molecule has 0 saturated carbocycles. The average molecular weight is 226 g/mol. The second-order valence-corrected chi connectivity index (χ2v) is 4.12. The van der Waals surface area contributed by atoms with Gasteiger partial charge in [-0.25, -0.2) is 0 Å². The van der Waals surface area contributed by atoms with E-state index in [0.717, 1.165) is 5.56 Å². The van der Waals surface area contributed by atoms with E-state index in [1.807, 2.05) is 0 Å². The van der Waals surface area contributed by atoms with Crippen LogP contribution in [0.15, 0.2) is 42.5 Å². The Morgan fingerprint density at radius 1 is 0.765 bits per heavy atom. The fraction of sp³-hybridized carbons (Fsp3) is 0.200. The van der Waals surface area contributed by atoms with Crippen LogP contribution in [0, 0.1) is 0 Å². The summed E-state index contributed by atoms with van der Waals surface area (Å²) in [6.45, 7) is 0. The highest BCUT2D eigenvalue weighted by atomic mass is 16.7. The Bertz CT molecular complexity index is 557. The van der Waals surface area contributed by atoms with E-state index in [4.69, 9.17) is 9.47 Å². The standard InChI is InChI=1S/C15H14O2/c1-16-15(17-2)13-9-5-8-12-10-6-3-4-7-11(10)14(12)13/h3-9,15H,1-2H3. The zero-order chi connectivity index (χ0) is 11.8. The Morgan fingerprint density at radius 2 is 1.41 bits per heavy atom. The van der Waals surface area contributed by atoms with Gasteiger partial charge in [0.2, 0.25) is 0 Å². The zero-order valence-electron chi connectivity index (χ0n) is 9.94. The maximum absolute atomic E-state index is 5.35. The molecule has 0 unspecified atom stereocenters. The van der Waals surface area contributed by atoms with Gasteiger partial charge >= 0.3 is 0 Å². The van der Waals surface area contributed by atoms with E-state index < -0.39 is 0 Å². The molecule has 3 rings (SSSR count). The van der Waals surface area contributed by atoms with E-state index in [1.165, 1.54) is 22.3 Å². The first kappa shape index (κ1) is 10.5. The predicted molar refractivity (Wildman–Crippen MR) is 67.6 cm³/mol. The third-order valence-electron chi connectivity index (χ3n) is 3.27. The maximum Gasteiger partial charge on any atom is 0.183 e. The van der Waals surface area contributed by atoms with Crippen molar-refractivity contribution in [3.8, 4) is 22.3 Å². The summed E-state index contributed by atoms with van der Waals surface area (Å²) in [4.78, 5) is 0. The van der Waals surface area contributed by atoms with E-state index in [-0.39, 0.29) is 6.29 Å². The van der Waals surface area contributed by atoms with E-state index in [0.29, 0.717) is 0 Å². The molecule has 1 aliphatic carbocycles. The molecule has 17 heavy (non-hydrogen) atoms. The largest absolute Gasteiger partial charge is 0.352 e. The van der Waals surface area contributed by atoms with Crippen molar-refractivity contribution in [1.29, 1.82) is 0 Å². The minimum Gasteiger partial charge on any atom is -0.352 e. The first-order chi connectivity index (χ1) is 8.36. The SMILES string of the molecule is COC(OC)c1cccc2c1-c1ccccc1-2. The highest BCUT2D eigenvalue weighted by Gasteiger charge is 2.27. The van der Waals surface area contributed by atoms with Crippen molar-refractivity contribution in [3.05, 3.63) is 48.0 Å². The molecule has 0 fully saturated rings. The second-order valence-electron chi connectivity index (χ2n) is 4.12. The molecule has 0 atom stereocenters. The third kappa shape index (κ3) is 1.42. The van der Waals surface area contributed by atoms with Crippen LogP contribution in [-0.4, -0.2) is 14.2 Å². The lowest BCUT2D eigenvalue weighted by molar-refractivity contribution is -0.105. The molecule has 0 heterocycles. The number of methoxy groups -OCH3 is 2. The Balaban J connectivity index is 2.14. The molecule has 0 aliphatic heterocycles. The van der Waals surface area contributed by atoms with Gasteiger partial charge in [-0.1, -0.05) is 42.5 Å². The lowest BCUT2D eigenvalue weighted by atomic mass is 9.78. The lowest BCUT2D eigenvalue weighted by Gasteiger charge is -2.28. The predicted octanol–water partition coefficient (Wildman–Crippen LogP) is 3.63. The van der Waals surface area contributed by atoms with Gasteiger partial charge in [0.25, 0.3) is 0 Å². The molecule has 0 spiro atoms. The summed E-state index contributed by atoms with van der Waals surface area (Å²) in [7, 11) is 3.33. The number of benzene rings is 2. The van der Waals surface area contributed by atoms with Crippen LogP contribution in [0.4, 0.5) is 0 Å². The van der Waals surface area contributed by atoms with Crippen molar-refractivity contribution in [1.82, 2.24) is 0 Å². The molecule has 0 bridgehead atoms. The smallest absolute Gasteiger partial charge is 0.183 e. The average Bonchev–Trinajstić information content (AvgIpc) is 2.37. The molecule has 0 radical (unpaired) electrons. The van der Waals surface area contributed by atoms with E-state index >= 15 is 0 Å². The second kappa shape index (κ2) is 3.99. The molecular formula is C15H14O2. The summed E-state index contributed by atoms with van der Waals surface area (Å²) in [6, 6.07) is 14.7. The van der Waals surface area contributed by atoms with Crippen LogP contribution in [0.2, 0.25) is 0 Å². The number of fused-ring (bicyclic) bond motifs is 4. The summed E-state index contributed by atoms with van der Waals surface area (Å²) in [5, 5.41) is 0. The number of hydrogen-bond donors (Lipinski definition) is 0. The molecule has 0 N–H and O–H groups in total. The van der Waals surface area contributed by atoms with Crippen LogP contribution in [0.25, 0.3) is 22.3 Å². The molecule has 0 saturated heterocycles. The van der Waals surface area contributed by atoms with E-state index in [9.17, 15) is 0 Å². The summed E-state index contributed by atoms with van der Waals surface area (Å²) in [5.74, 6) is 0. The van der Waals surface area contributed by atoms with Crippen LogP contribution in [0.1, 0.15) is 11.9 Å². The molecule has 0 aromatic heterocycles. The molecule has 0 amide bonds. The Kier molecular flexibility index (Phi) is 2.46. The van der Waals surface area contributed by atoms with Gasteiger partial charge in [0.05, 0.1) is 0 Å². The van der Waals surface area contributed by atoms with Crippen molar-refractivity contribution in [2.24, 2.45) is 0 Å². The first-order valence-electron chi connectivity index (χ1n) is 5.65. The van der Waals surface area contributed by atoms with Crippen LogP contribution < -0.4 is 0 Å². The fourth-order valence-electron chi connectivity index (χ4n) is 2.52. The molecule has 2 aromatic rings. The number of ether oxygens (including phenoxy) is 2. The van der Waals surface area contributed by atoms with Crippen LogP contribution in [0.5, 0.6) is 0 Å². The Labute approximate surface area is 101 Å². The van der Waals surface area contributed by atoms with Gasteiger partial charge in [-0.15, -0.1) is 0 Å². The summed E-state index contributed by atoms with van der Waals surface area (Å²) >= 11 is 0. The van der Waals surface area contributed by atoms with E-state index in [1.54, 1.807) is 14.2 Å². The van der Waals surface area contributed by atoms with E-state index in [2.05, 4.69) is 42.5 Å². The topological polar surface area (TPSA) is 18.5 Å². The van der Waals surface area contributed by atoms with Gasteiger partial charge in [-0.2, -0.15) is 0 Å². The van der Waals surface area contributed by atoms with Gasteiger partial charge in [0.1, 0.15) is 0 Å².